The maximum absolute atomic E-state index is 13.3. The van der Waals surface area contributed by atoms with Gasteiger partial charge in [-0.3, -0.25) is 4.79 Å². The second-order valence-corrected chi connectivity index (χ2v) is 7.65. The van der Waals surface area contributed by atoms with Gasteiger partial charge in [0.1, 0.15) is 11.4 Å². The van der Waals surface area contributed by atoms with Gasteiger partial charge in [0.05, 0.1) is 6.61 Å². The summed E-state index contributed by atoms with van der Waals surface area (Å²) in [5, 5.41) is 5.22. The SMILES string of the molecule is CCCCOc1ccc(NC(=O)C2(OCC)CCCCCC2)c2ccccc12. The molecule has 152 valence electrons. The highest BCUT2D eigenvalue weighted by molar-refractivity contribution is 6.06. The van der Waals surface area contributed by atoms with Gasteiger partial charge in [0.25, 0.3) is 5.91 Å². The molecule has 1 N–H and O–H groups in total. The monoisotopic (exact) mass is 383 g/mol. The number of fused-ring (bicyclic) bond motifs is 1. The molecule has 1 saturated carbocycles. The summed E-state index contributed by atoms with van der Waals surface area (Å²) < 4.78 is 12.0. The fourth-order valence-corrected chi connectivity index (χ4v) is 4.08. The van der Waals surface area contributed by atoms with Crippen molar-refractivity contribution in [3.8, 4) is 5.75 Å². The average molecular weight is 384 g/mol. The molecule has 0 unspecified atom stereocenters. The van der Waals surface area contributed by atoms with E-state index < -0.39 is 5.60 Å². The normalized spacial score (nSPS) is 16.5. The van der Waals surface area contributed by atoms with Crippen molar-refractivity contribution in [1.29, 1.82) is 0 Å². The minimum absolute atomic E-state index is 0.0129. The lowest BCUT2D eigenvalue weighted by Gasteiger charge is -2.31. The number of ether oxygens (including phenoxy) is 2. The summed E-state index contributed by atoms with van der Waals surface area (Å²) in [6, 6.07) is 12.0. The molecule has 0 radical (unpaired) electrons. The van der Waals surface area contributed by atoms with Crippen LogP contribution in [0.25, 0.3) is 10.8 Å². The van der Waals surface area contributed by atoms with Crippen LogP contribution in [0, 0.1) is 0 Å². The van der Waals surface area contributed by atoms with Crippen LogP contribution in [0.3, 0.4) is 0 Å². The second-order valence-electron chi connectivity index (χ2n) is 7.65. The number of carbonyl (C=O) groups excluding carboxylic acids is 1. The summed E-state index contributed by atoms with van der Waals surface area (Å²) >= 11 is 0. The van der Waals surface area contributed by atoms with Crippen molar-refractivity contribution >= 4 is 22.4 Å². The molecule has 0 aromatic heterocycles. The number of nitrogens with one attached hydrogen (secondary N) is 1. The van der Waals surface area contributed by atoms with Gasteiger partial charge in [-0.1, -0.05) is 63.3 Å². The zero-order chi connectivity index (χ0) is 19.8. The van der Waals surface area contributed by atoms with Crippen LogP contribution in [0.5, 0.6) is 5.75 Å². The Hall–Kier alpha value is -2.07. The summed E-state index contributed by atoms with van der Waals surface area (Å²) in [6.07, 6.45) is 8.15. The van der Waals surface area contributed by atoms with Gasteiger partial charge in [0.2, 0.25) is 0 Å². The fraction of sp³-hybridized carbons (Fsp3) is 0.542. The summed E-state index contributed by atoms with van der Waals surface area (Å²) in [7, 11) is 0. The Morgan fingerprint density at radius 1 is 1.00 bits per heavy atom. The van der Waals surface area contributed by atoms with E-state index in [1.807, 2.05) is 37.3 Å². The number of unbranched alkanes of at least 4 members (excludes halogenated alkanes) is 1. The molecule has 28 heavy (non-hydrogen) atoms. The molecule has 0 heterocycles. The van der Waals surface area contributed by atoms with Gasteiger partial charge in [-0.15, -0.1) is 0 Å². The van der Waals surface area contributed by atoms with Gasteiger partial charge < -0.3 is 14.8 Å². The van der Waals surface area contributed by atoms with Gasteiger partial charge in [0, 0.05) is 23.1 Å². The van der Waals surface area contributed by atoms with Crippen molar-refractivity contribution in [2.75, 3.05) is 18.5 Å². The molecule has 4 heteroatoms. The molecule has 1 amide bonds. The third kappa shape index (κ3) is 4.67. The van der Waals surface area contributed by atoms with Crippen LogP contribution in [0.4, 0.5) is 5.69 Å². The molecule has 0 atom stereocenters. The number of anilines is 1. The Kier molecular flexibility index (Phi) is 7.32. The molecule has 2 aromatic carbocycles. The largest absolute Gasteiger partial charge is 0.493 e. The molecule has 0 spiro atoms. The van der Waals surface area contributed by atoms with E-state index in [4.69, 9.17) is 9.47 Å². The molecular formula is C24H33NO3. The van der Waals surface area contributed by atoms with Gasteiger partial charge in [-0.25, -0.2) is 0 Å². The standard InChI is InChI=1S/C24H33NO3/c1-3-5-18-27-22-15-14-21(19-12-8-9-13-20(19)22)25-23(26)24(28-4-2)16-10-6-7-11-17-24/h8-9,12-15H,3-7,10-11,16-18H2,1-2H3,(H,25,26). The summed E-state index contributed by atoms with van der Waals surface area (Å²) in [5.41, 5.74) is 0.120. The van der Waals surface area contributed by atoms with Crippen molar-refractivity contribution in [2.45, 2.75) is 70.8 Å². The maximum atomic E-state index is 13.3. The predicted octanol–water partition coefficient (Wildman–Crippen LogP) is 6.09. The fourth-order valence-electron chi connectivity index (χ4n) is 4.08. The molecule has 1 aliphatic rings. The number of carbonyl (C=O) groups is 1. The Morgan fingerprint density at radius 2 is 1.71 bits per heavy atom. The van der Waals surface area contributed by atoms with E-state index in [0.29, 0.717) is 13.2 Å². The summed E-state index contributed by atoms with van der Waals surface area (Å²) in [5.74, 6) is 0.858. The molecule has 0 bridgehead atoms. The van der Waals surface area contributed by atoms with E-state index in [9.17, 15) is 4.79 Å². The van der Waals surface area contributed by atoms with Gasteiger partial charge in [-0.05, 0) is 38.3 Å². The minimum Gasteiger partial charge on any atom is -0.493 e. The van der Waals surface area contributed by atoms with E-state index in [1.165, 1.54) is 12.8 Å². The first-order valence-electron chi connectivity index (χ1n) is 10.8. The van der Waals surface area contributed by atoms with Crippen molar-refractivity contribution < 1.29 is 14.3 Å². The Bertz CT molecular complexity index is 779. The van der Waals surface area contributed by atoms with Crippen LogP contribution in [0.1, 0.15) is 65.2 Å². The molecule has 1 fully saturated rings. The first-order valence-corrected chi connectivity index (χ1v) is 10.8. The van der Waals surface area contributed by atoms with Crippen molar-refractivity contribution in [3.63, 3.8) is 0 Å². The molecule has 2 aromatic rings. The van der Waals surface area contributed by atoms with Crippen LogP contribution in [0.15, 0.2) is 36.4 Å². The van der Waals surface area contributed by atoms with Crippen molar-refractivity contribution in [2.24, 2.45) is 0 Å². The lowest BCUT2D eigenvalue weighted by Crippen LogP contribution is -2.45. The maximum Gasteiger partial charge on any atom is 0.256 e. The number of hydrogen-bond acceptors (Lipinski definition) is 3. The topological polar surface area (TPSA) is 47.6 Å². The highest BCUT2D eigenvalue weighted by atomic mass is 16.5. The van der Waals surface area contributed by atoms with Crippen LogP contribution in [0.2, 0.25) is 0 Å². The molecule has 4 nitrogen and oxygen atoms in total. The Labute approximate surface area is 168 Å². The van der Waals surface area contributed by atoms with Crippen LogP contribution < -0.4 is 10.1 Å². The van der Waals surface area contributed by atoms with E-state index in [1.54, 1.807) is 0 Å². The number of amides is 1. The zero-order valence-electron chi connectivity index (χ0n) is 17.3. The van der Waals surface area contributed by atoms with Gasteiger partial charge in [-0.2, -0.15) is 0 Å². The smallest absolute Gasteiger partial charge is 0.256 e. The predicted molar refractivity (Wildman–Crippen MR) is 115 cm³/mol. The molecule has 0 saturated heterocycles. The number of benzene rings is 2. The summed E-state index contributed by atoms with van der Waals surface area (Å²) in [4.78, 5) is 13.3. The Balaban J connectivity index is 1.86. The van der Waals surface area contributed by atoms with Crippen molar-refractivity contribution in [1.82, 2.24) is 0 Å². The minimum atomic E-state index is -0.706. The first-order chi connectivity index (χ1) is 13.7. The van der Waals surface area contributed by atoms with E-state index >= 15 is 0 Å². The number of hydrogen-bond donors (Lipinski definition) is 1. The third-order valence-electron chi connectivity index (χ3n) is 5.63. The van der Waals surface area contributed by atoms with E-state index in [0.717, 1.165) is 60.7 Å². The quantitative estimate of drug-likeness (QED) is 0.443. The average Bonchev–Trinajstić information content (AvgIpc) is 2.96. The molecule has 3 rings (SSSR count). The highest BCUT2D eigenvalue weighted by Crippen LogP contribution is 2.35. The van der Waals surface area contributed by atoms with Gasteiger partial charge >= 0.3 is 0 Å². The third-order valence-corrected chi connectivity index (χ3v) is 5.63. The first kappa shape index (κ1) is 20.7. The highest BCUT2D eigenvalue weighted by Gasteiger charge is 2.39. The summed E-state index contributed by atoms with van der Waals surface area (Å²) in [6.45, 7) is 5.39. The Morgan fingerprint density at radius 3 is 2.39 bits per heavy atom. The van der Waals surface area contributed by atoms with E-state index in [2.05, 4.69) is 18.3 Å². The number of rotatable bonds is 8. The van der Waals surface area contributed by atoms with Crippen LogP contribution in [-0.2, 0) is 9.53 Å². The van der Waals surface area contributed by atoms with Crippen molar-refractivity contribution in [3.05, 3.63) is 36.4 Å². The zero-order valence-corrected chi connectivity index (χ0v) is 17.3. The van der Waals surface area contributed by atoms with Crippen LogP contribution >= 0.6 is 0 Å². The lowest BCUT2D eigenvalue weighted by atomic mass is 9.92. The molecule has 0 aliphatic heterocycles. The second kappa shape index (κ2) is 9.92. The van der Waals surface area contributed by atoms with Gasteiger partial charge in [0.15, 0.2) is 0 Å². The van der Waals surface area contributed by atoms with E-state index in [-0.39, 0.29) is 5.91 Å². The van der Waals surface area contributed by atoms with Crippen LogP contribution in [-0.4, -0.2) is 24.7 Å². The molecular weight excluding hydrogens is 350 g/mol. The molecule has 1 aliphatic carbocycles. The lowest BCUT2D eigenvalue weighted by molar-refractivity contribution is -0.143.